The van der Waals surface area contributed by atoms with Crippen molar-refractivity contribution < 1.29 is 24.2 Å². The van der Waals surface area contributed by atoms with Gasteiger partial charge >= 0.3 is 5.97 Å². The zero-order chi connectivity index (χ0) is 30.4. The summed E-state index contributed by atoms with van der Waals surface area (Å²) in [6.45, 7) is 3.81. The van der Waals surface area contributed by atoms with Crippen LogP contribution in [0.25, 0.3) is 0 Å². The van der Waals surface area contributed by atoms with Crippen molar-refractivity contribution in [1.82, 2.24) is 5.01 Å². The number of carbonyl (C=O) groups excluding carboxylic acids is 2. The maximum absolute atomic E-state index is 13.8. The summed E-state index contributed by atoms with van der Waals surface area (Å²) < 4.78 is 4.61. The van der Waals surface area contributed by atoms with Crippen molar-refractivity contribution in [3.05, 3.63) is 95.6 Å². The zero-order valence-corrected chi connectivity index (χ0v) is 25.3. The molecule has 9 heteroatoms. The number of hydrogen-bond donors (Lipinski definition) is 2. The lowest BCUT2D eigenvalue weighted by Crippen LogP contribution is -2.36. The highest BCUT2D eigenvalue weighted by Gasteiger charge is 2.34. The molecule has 2 amide bonds. The van der Waals surface area contributed by atoms with Crippen LogP contribution in [0.15, 0.2) is 88.9 Å². The number of nitrogens with zero attached hydrogens (tertiary/aromatic N) is 2. The molecule has 3 aromatic carbocycles. The molecular weight excluding hydrogens is 562 g/mol. The number of rotatable bonds is 11. The maximum Gasteiger partial charge on any atom is 0.319 e. The number of hydrogen-bond acceptors (Lipinski definition) is 6. The van der Waals surface area contributed by atoms with E-state index < -0.39 is 10.7 Å². The minimum absolute atomic E-state index is 0.0660. The molecule has 43 heavy (non-hydrogen) atoms. The molecular formula is C34H37N3O5S. The van der Waals surface area contributed by atoms with E-state index in [4.69, 9.17) is 4.74 Å². The molecule has 0 spiro atoms. The molecule has 2 unspecified atom stereocenters. The second-order valence-electron chi connectivity index (χ2n) is 11.3. The van der Waals surface area contributed by atoms with E-state index in [1.54, 1.807) is 6.92 Å². The standard InChI is InChI=1S/C34H37N3O5S/c1-3-34(2,33(40)41)43-28-15-9-14-27(20-28)35-31(39)30(24-10-7-8-11-24)25-18-16-23(17-19-25)21-37-29(38)22-42-32(36-37)26-12-5-4-6-13-26/h4-6,9,12-20,24,30H,3,7-8,10-11,21-22H2,1-2H3,(H,35,39)(H,40,41). The lowest BCUT2D eigenvalue weighted by molar-refractivity contribution is -0.139. The Morgan fingerprint density at radius 2 is 1.79 bits per heavy atom. The van der Waals surface area contributed by atoms with Crippen molar-refractivity contribution in [1.29, 1.82) is 0 Å². The van der Waals surface area contributed by atoms with Gasteiger partial charge in [0.05, 0.1) is 12.5 Å². The molecule has 1 aliphatic carbocycles. The maximum atomic E-state index is 13.8. The van der Waals surface area contributed by atoms with E-state index in [1.165, 1.54) is 16.8 Å². The fraction of sp³-hybridized carbons (Fsp3) is 0.353. The number of anilines is 1. The van der Waals surface area contributed by atoms with Gasteiger partial charge in [0.1, 0.15) is 4.75 Å². The Morgan fingerprint density at radius 3 is 2.47 bits per heavy atom. The van der Waals surface area contributed by atoms with Crippen LogP contribution in [0.3, 0.4) is 0 Å². The van der Waals surface area contributed by atoms with E-state index in [0.717, 1.165) is 47.3 Å². The van der Waals surface area contributed by atoms with Crippen molar-refractivity contribution in [2.24, 2.45) is 11.0 Å². The molecule has 1 saturated carbocycles. The number of ether oxygens (including phenoxy) is 1. The summed E-state index contributed by atoms with van der Waals surface area (Å²) in [5, 5.41) is 18.7. The number of carboxylic acid groups (broad SMARTS) is 1. The van der Waals surface area contributed by atoms with Crippen LogP contribution in [0.5, 0.6) is 0 Å². The average molecular weight is 600 g/mol. The second-order valence-corrected chi connectivity index (χ2v) is 12.9. The Morgan fingerprint density at radius 1 is 1.07 bits per heavy atom. The van der Waals surface area contributed by atoms with E-state index in [9.17, 15) is 19.5 Å². The van der Waals surface area contributed by atoms with Crippen molar-refractivity contribution in [3.8, 4) is 0 Å². The van der Waals surface area contributed by atoms with Crippen LogP contribution in [0, 0.1) is 5.92 Å². The molecule has 8 nitrogen and oxygen atoms in total. The zero-order valence-electron chi connectivity index (χ0n) is 24.5. The van der Waals surface area contributed by atoms with Crippen LogP contribution < -0.4 is 5.32 Å². The van der Waals surface area contributed by atoms with E-state index >= 15 is 0 Å². The van der Waals surface area contributed by atoms with Gasteiger partial charge in [-0.05, 0) is 73.6 Å². The highest BCUT2D eigenvalue weighted by molar-refractivity contribution is 8.01. The number of carbonyl (C=O) groups is 3. The van der Waals surface area contributed by atoms with Gasteiger partial charge in [0.25, 0.3) is 5.91 Å². The summed E-state index contributed by atoms with van der Waals surface area (Å²) in [5.74, 6) is -0.813. The number of nitrogens with one attached hydrogen (secondary N) is 1. The molecule has 1 heterocycles. The smallest absolute Gasteiger partial charge is 0.319 e. The summed E-state index contributed by atoms with van der Waals surface area (Å²) in [7, 11) is 0. The molecule has 224 valence electrons. The molecule has 0 radical (unpaired) electrons. The van der Waals surface area contributed by atoms with Crippen molar-refractivity contribution in [2.45, 2.75) is 68.1 Å². The van der Waals surface area contributed by atoms with E-state index in [1.807, 2.05) is 85.8 Å². The summed E-state index contributed by atoms with van der Waals surface area (Å²) in [6, 6.07) is 24.8. The summed E-state index contributed by atoms with van der Waals surface area (Å²) in [6.07, 6.45) is 4.66. The molecule has 0 bridgehead atoms. The summed E-state index contributed by atoms with van der Waals surface area (Å²) in [5.41, 5.74) is 3.30. The lowest BCUT2D eigenvalue weighted by Gasteiger charge is -2.25. The third kappa shape index (κ3) is 7.28. The largest absolute Gasteiger partial charge is 0.480 e. The fourth-order valence-electron chi connectivity index (χ4n) is 5.56. The summed E-state index contributed by atoms with van der Waals surface area (Å²) in [4.78, 5) is 38.9. The number of benzene rings is 3. The Balaban J connectivity index is 1.31. The van der Waals surface area contributed by atoms with E-state index in [2.05, 4.69) is 10.4 Å². The van der Waals surface area contributed by atoms with Gasteiger partial charge in [-0.25, -0.2) is 5.01 Å². The molecule has 3 aromatic rings. The first-order chi connectivity index (χ1) is 20.8. The van der Waals surface area contributed by atoms with Crippen LogP contribution in [-0.2, 0) is 25.7 Å². The van der Waals surface area contributed by atoms with Gasteiger partial charge in [-0.3, -0.25) is 14.4 Å². The average Bonchev–Trinajstić information content (AvgIpc) is 3.54. The van der Waals surface area contributed by atoms with Crippen LogP contribution in [-0.4, -0.2) is 45.2 Å². The van der Waals surface area contributed by atoms with Crippen molar-refractivity contribution in [3.63, 3.8) is 0 Å². The molecule has 1 fully saturated rings. The first-order valence-corrected chi connectivity index (χ1v) is 15.6. The van der Waals surface area contributed by atoms with Crippen LogP contribution in [0.2, 0.25) is 0 Å². The number of hydrazone groups is 1. The quantitative estimate of drug-likeness (QED) is 0.239. The first kappa shape index (κ1) is 30.4. The van der Waals surface area contributed by atoms with Gasteiger partial charge in [0, 0.05) is 16.1 Å². The van der Waals surface area contributed by atoms with E-state index in [0.29, 0.717) is 24.6 Å². The van der Waals surface area contributed by atoms with Crippen molar-refractivity contribution in [2.75, 3.05) is 11.9 Å². The fourth-order valence-corrected chi connectivity index (χ4v) is 6.64. The Kier molecular flexibility index (Phi) is 9.50. The van der Waals surface area contributed by atoms with Gasteiger partial charge in [0.2, 0.25) is 11.8 Å². The summed E-state index contributed by atoms with van der Waals surface area (Å²) >= 11 is 1.29. The van der Waals surface area contributed by atoms with Crippen LogP contribution >= 0.6 is 11.8 Å². The van der Waals surface area contributed by atoms with Gasteiger partial charge in [0.15, 0.2) is 6.61 Å². The molecule has 2 atom stereocenters. The van der Waals surface area contributed by atoms with E-state index in [-0.39, 0.29) is 30.3 Å². The lowest BCUT2D eigenvalue weighted by atomic mass is 9.83. The topological polar surface area (TPSA) is 108 Å². The second kappa shape index (κ2) is 13.5. The molecule has 0 aromatic heterocycles. The normalized spacial score (nSPS) is 17.5. The number of aliphatic carboxylic acids is 1. The molecule has 2 aliphatic rings. The molecule has 2 N–H and O–H groups in total. The highest BCUT2D eigenvalue weighted by atomic mass is 32.2. The first-order valence-electron chi connectivity index (χ1n) is 14.7. The number of carboxylic acids is 1. The third-order valence-corrected chi connectivity index (χ3v) is 9.65. The van der Waals surface area contributed by atoms with Gasteiger partial charge in [-0.1, -0.05) is 68.3 Å². The number of thioether (sulfide) groups is 1. The van der Waals surface area contributed by atoms with Gasteiger partial charge in [-0.15, -0.1) is 16.9 Å². The predicted octanol–water partition coefficient (Wildman–Crippen LogP) is 6.67. The highest BCUT2D eigenvalue weighted by Crippen LogP contribution is 2.39. The van der Waals surface area contributed by atoms with Crippen molar-refractivity contribution >= 4 is 41.1 Å². The predicted molar refractivity (Wildman–Crippen MR) is 168 cm³/mol. The minimum Gasteiger partial charge on any atom is -0.480 e. The Hall–Kier alpha value is -4.11. The minimum atomic E-state index is -0.947. The third-order valence-electron chi connectivity index (χ3n) is 8.25. The molecule has 0 saturated heterocycles. The SMILES string of the molecule is CCC(C)(Sc1cccc(NC(=O)C(c2ccc(CN3N=C(c4ccccc4)OCC3=O)cc2)C2CCCC2)c1)C(=O)O. The van der Waals surface area contributed by atoms with Gasteiger partial charge in [-0.2, -0.15) is 0 Å². The van der Waals surface area contributed by atoms with Crippen LogP contribution in [0.1, 0.15) is 68.6 Å². The van der Waals surface area contributed by atoms with Crippen LogP contribution in [0.4, 0.5) is 5.69 Å². The molecule has 5 rings (SSSR count). The molecule has 1 aliphatic heterocycles. The van der Waals surface area contributed by atoms with Gasteiger partial charge < -0.3 is 15.2 Å². The number of amides is 2. The Labute approximate surface area is 256 Å². The Bertz CT molecular complexity index is 1490. The monoisotopic (exact) mass is 599 g/mol.